The Hall–Kier alpha value is -2.47. The number of nitrogens with two attached hydrogens (primary N) is 1. The predicted octanol–water partition coefficient (Wildman–Crippen LogP) is 0.891. The third-order valence-corrected chi connectivity index (χ3v) is 5.46. The molecule has 0 amide bonds. The highest BCUT2D eigenvalue weighted by molar-refractivity contribution is 5.89. The molecule has 0 atom stereocenters. The first kappa shape index (κ1) is 18.3. The van der Waals surface area contributed by atoms with Gasteiger partial charge in [0.05, 0.1) is 19.6 Å². The van der Waals surface area contributed by atoms with Gasteiger partial charge in [0.1, 0.15) is 18.5 Å². The van der Waals surface area contributed by atoms with E-state index < -0.39 is 0 Å². The van der Waals surface area contributed by atoms with Crippen LogP contribution in [0.5, 0.6) is 0 Å². The molecule has 3 aromatic rings. The van der Waals surface area contributed by atoms with Crippen LogP contribution in [0, 0.1) is 13.8 Å². The minimum absolute atomic E-state index is 0.754. The van der Waals surface area contributed by atoms with Crippen LogP contribution in [-0.4, -0.2) is 34.2 Å². The smallest absolute Gasteiger partial charge is 0.232 e. The summed E-state index contributed by atoms with van der Waals surface area (Å²) in [7, 11) is 0. The summed E-state index contributed by atoms with van der Waals surface area (Å²) in [6, 6.07) is 4.06. The van der Waals surface area contributed by atoms with Crippen molar-refractivity contribution >= 4 is 16.9 Å². The molecule has 3 aromatic heterocycles. The fourth-order valence-corrected chi connectivity index (χ4v) is 3.54. The van der Waals surface area contributed by atoms with Crippen molar-refractivity contribution in [2.75, 3.05) is 25.4 Å². The van der Waals surface area contributed by atoms with Crippen LogP contribution < -0.4 is 15.2 Å². The first-order valence-corrected chi connectivity index (χ1v) is 9.42. The van der Waals surface area contributed by atoms with Crippen molar-refractivity contribution in [1.29, 1.82) is 0 Å². The van der Waals surface area contributed by atoms with Gasteiger partial charge in [-0.1, -0.05) is 11.1 Å². The van der Waals surface area contributed by atoms with E-state index in [0.29, 0.717) is 0 Å². The molecular formula is C20H30N6+2. The zero-order valence-electron chi connectivity index (χ0n) is 16.3. The molecule has 3 N–H and O–H groups in total. The number of aromatic nitrogens is 4. The summed E-state index contributed by atoms with van der Waals surface area (Å²) in [6.07, 6.45) is 5.59. The summed E-state index contributed by atoms with van der Waals surface area (Å²) in [4.78, 5) is 10.6. The molecule has 0 aliphatic carbocycles. The zero-order valence-corrected chi connectivity index (χ0v) is 16.3. The van der Waals surface area contributed by atoms with Gasteiger partial charge in [-0.3, -0.25) is 4.98 Å². The lowest BCUT2D eigenvalue weighted by atomic mass is 10.2. The van der Waals surface area contributed by atoms with Crippen molar-refractivity contribution in [2.45, 2.75) is 40.8 Å². The number of hydrogen-bond acceptors (Lipinski definition) is 3. The van der Waals surface area contributed by atoms with Crippen molar-refractivity contribution < 1.29 is 9.47 Å². The molecule has 0 unspecified atom stereocenters. The average molecular weight is 355 g/mol. The van der Waals surface area contributed by atoms with Crippen LogP contribution in [0.25, 0.3) is 11.0 Å². The second-order valence-electron chi connectivity index (χ2n) is 6.89. The van der Waals surface area contributed by atoms with Crippen molar-refractivity contribution in [3.8, 4) is 0 Å². The number of fused-ring (bicyclic) bond motifs is 1. The highest BCUT2D eigenvalue weighted by Crippen LogP contribution is 2.27. The topological polar surface area (TPSA) is 65.0 Å². The van der Waals surface area contributed by atoms with E-state index in [9.17, 15) is 0 Å². The monoisotopic (exact) mass is 354 g/mol. The summed E-state index contributed by atoms with van der Waals surface area (Å²) in [6.45, 7) is 13.7. The number of quaternary nitrogens is 1. The molecule has 0 saturated carbocycles. The Morgan fingerprint density at radius 2 is 2.00 bits per heavy atom. The zero-order chi connectivity index (χ0) is 18.7. The van der Waals surface area contributed by atoms with E-state index in [4.69, 9.17) is 10.7 Å². The quantitative estimate of drug-likeness (QED) is 0.620. The standard InChI is InChI=1S/C20H28N6/c1-5-24(6-2)10-11-25-14-23-20-18(19(25)21)15(3)16(4)26(20)13-17-8-7-9-22-12-17/h7-9,12,14,21H,5-6,10-11,13H2,1-4H3/p+2. The van der Waals surface area contributed by atoms with Gasteiger partial charge in [-0.05, 0) is 44.9 Å². The minimum Gasteiger partial charge on any atom is -0.333 e. The molecule has 0 spiro atoms. The molecule has 0 saturated heterocycles. The van der Waals surface area contributed by atoms with Crippen LogP contribution >= 0.6 is 0 Å². The van der Waals surface area contributed by atoms with E-state index in [-0.39, 0.29) is 0 Å². The van der Waals surface area contributed by atoms with Crippen molar-refractivity contribution in [3.63, 3.8) is 0 Å². The van der Waals surface area contributed by atoms with Gasteiger partial charge < -0.3 is 15.2 Å². The van der Waals surface area contributed by atoms with Gasteiger partial charge in [0, 0.05) is 18.1 Å². The molecule has 0 radical (unpaired) electrons. The number of aryl methyl sites for hydroxylation is 1. The molecule has 0 fully saturated rings. The molecule has 0 aromatic carbocycles. The van der Waals surface area contributed by atoms with Gasteiger partial charge >= 0.3 is 0 Å². The number of pyridine rings is 1. The van der Waals surface area contributed by atoms with Crippen LogP contribution in [0.1, 0.15) is 30.7 Å². The fraction of sp³-hybridized carbons (Fsp3) is 0.450. The molecule has 0 aliphatic rings. The average Bonchev–Trinajstić information content (AvgIpc) is 2.90. The van der Waals surface area contributed by atoms with Crippen molar-refractivity contribution in [3.05, 3.63) is 47.7 Å². The largest absolute Gasteiger partial charge is 0.333 e. The Morgan fingerprint density at radius 3 is 2.65 bits per heavy atom. The molecule has 6 heteroatoms. The third-order valence-electron chi connectivity index (χ3n) is 5.46. The second-order valence-corrected chi connectivity index (χ2v) is 6.89. The van der Waals surface area contributed by atoms with E-state index in [0.717, 1.165) is 55.1 Å². The van der Waals surface area contributed by atoms with E-state index >= 15 is 0 Å². The Balaban J connectivity index is 1.97. The number of nitrogen functional groups attached to an aromatic ring is 1. The fourth-order valence-electron chi connectivity index (χ4n) is 3.54. The van der Waals surface area contributed by atoms with Gasteiger partial charge in [-0.15, -0.1) is 0 Å². The maximum absolute atomic E-state index is 6.55. The number of likely N-dealkylation sites (N-methyl/N-ethyl adjacent to an activating group) is 1. The molecule has 6 nitrogen and oxygen atoms in total. The Labute approximate surface area is 155 Å². The van der Waals surface area contributed by atoms with E-state index in [1.807, 2.05) is 18.6 Å². The predicted molar refractivity (Wildman–Crippen MR) is 104 cm³/mol. The van der Waals surface area contributed by atoms with Crippen LogP contribution in [0.2, 0.25) is 0 Å². The number of anilines is 1. The lowest BCUT2D eigenvalue weighted by molar-refractivity contribution is -0.915. The van der Waals surface area contributed by atoms with Gasteiger partial charge in [-0.2, -0.15) is 0 Å². The second kappa shape index (κ2) is 7.83. The van der Waals surface area contributed by atoms with E-state index in [1.54, 1.807) is 11.1 Å². The highest BCUT2D eigenvalue weighted by atomic mass is 15.2. The van der Waals surface area contributed by atoms with Gasteiger partial charge in [0.25, 0.3) is 0 Å². The summed E-state index contributed by atoms with van der Waals surface area (Å²) in [5, 5.41) is 1.07. The molecule has 26 heavy (non-hydrogen) atoms. The van der Waals surface area contributed by atoms with Crippen LogP contribution in [0.3, 0.4) is 0 Å². The Bertz CT molecular complexity index is 880. The normalized spacial score (nSPS) is 11.6. The van der Waals surface area contributed by atoms with Gasteiger partial charge in [-0.25, -0.2) is 4.57 Å². The van der Waals surface area contributed by atoms with Crippen molar-refractivity contribution in [2.24, 2.45) is 0 Å². The first-order valence-electron chi connectivity index (χ1n) is 9.42. The molecule has 0 aliphatic heterocycles. The summed E-state index contributed by atoms with van der Waals surface area (Å²) in [5.74, 6) is 0.812. The maximum Gasteiger partial charge on any atom is 0.232 e. The number of nitrogens with zero attached hydrogens (tertiary/aromatic N) is 4. The lowest BCUT2D eigenvalue weighted by Gasteiger charge is -2.15. The Morgan fingerprint density at radius 1 is 1.23 bits per heavy atom. The molecule has 138 valence electrons. The third kappa shape index (κ3) is 3.42. The summed E-state index contributed by atoms with van der Waals surface area (Å²) in [5.41, 5.74) is 11.1. The van der Waals surface area contributed by atoms with E-state index in [2.05, 4.69) is 47.9 Å². The highest BCUT2D eigenvalue weighted by Gasteiger charge is 2.22. The van der Waals surface area contributed by atoms with E-state index in [1.165, 1.54) is 11.3 Å². The molecular weight excluding hydrogens is 324 g/mol. The molecule has 3 rings (SSSR count). The van der Waals surface area contributed by atoms with Crippen LogP contribution in [-0.2, 0) is 13.1 Å². The molecule has 0 bridgehead atoms. The first-order chi connectivity index (χ1) is 12.6. The number of nitrogens with one attached hydrogen (secondary N) is 1. The maximum atomic E-state index is 6.55. The van der Waals surface area contributed by atoms with Crippen LogP contribution in [0.4, 0.5) is 5.82 Å². The SMILES string of the molecule is CC[NH+](CC)CC[n+]1cnc2c(c(C)c(C)n2Cc2cccnc2)c1N. The summed E-state index contributed by atoms with van der Waals surface area (Å²) < 4.78 is 4.33. The minimum atomic E-state index is 0.754. The number of rotatable bonds is 7. The van der Waals surface area contributed by atoms with Crippen LogP contribution in [0.15, 0.2) is 30.9 Å². The number of hydrogen-bond donors (Lipinski definition) is 2. The van der Waals surface area contributed by atoms with Gasteiger partial charge in [0.2, 0.25) is 17.8 Å². The summed E-state index contributed by atoms with van der Waals surface area (Å²) >= 11 is 0. The lowest BCUT2D eigenvalue weighted by Crippen LogP contribution is -3.12. The van der Waals surface area contributed by atoms with Crippen molar-refractivity contribution in [1.82, 2.24) is 14.5 Å². The molecule has 3 heterocycles. The van der Waals surface area contributed by atoms with Gasteiger partial charge in [0.15, 0.2) is 0 Å². The Kier molecular flexibility index (Phi) is 5.52.